The quantitative estimate of drug-likeness (QED) is 0.802. The van der Waals surface area contributed by atoms with E-state index in [1.54, 1.807) is 0 Å². The van der Waals surface area contributed by atoms with Gasteiger partial charge in [0.1, 0.15) is 6.07 Å². The van der Waals surface area contributed by atoms with Crippen LogP contribution in [0.15, 0.2) is 24.8 Å². The summed E-state index contributed by atoms with van der Waals surface area (Å²) in [7, 11) is 2.95. The fourth-order valence-corrected chi connectivity index (χ4v) is 1.26. The van der Waals surface area contributed by atoms with Gasteiger partial charge in [0, 0.05) is 12.1 Å². The molecular weight excluding hydrogens is 220 g/mol. The normalized spacial score (nSPS) is 9.00. The fraction of sp³-hybridized carbons (Fsp3) is 0.167. The van der Waals surface area contributed by atoms with E-state index in [2.05, 4.69) is 11.9 Å². The Hall–Kier alpha value is -2.48. The Morgan fingerprint density at radius 1 is 1.41 bits per heavy atom. The minimum absolute atomic E-state index is 0.290. The van der Waals surface area contributed by atoms with E-state index in [0.717, 1.165) is 6.08 Å². The second-order valence-corrected chi connectivity index (χ2v) is 3.06. The maximum absolute atomic E-state index is 11.2. The Bertz CT molecular complexity index is 489. The smallest absolute Gasteiger partial charge is 0.247 e. The summed E-state index contributed by atoms with van der Waals surface area (Å²) in [5, 5.41) is 11.5. The summed E-state index contributed by atoms with van der Waals surface area (Å²) in [5.74, 6) is 0.472. The van der Waals surface area contributed by atoms with Gasteiger partial charge in [-0.25, -0.2) is 0 Å². The molecule has 0 saturated heterocycles. The maximum Gasteiger partial charge on any atom is 0.247 e. The summed E-state index contributed by atoms with van der Waals surface area (Å²) in [6.07, 6.45) is 1.12. The van der Waals surface area contributed by atoms with E-state index in [9.17, 15) is 4.79 Å². The zero-order chi connectivity index (χ0) is 12.8. The Balaban J connectivity index is 3.24. The number of carbonyl (C=O) groups is 1. The first-order chi connectivity index (χ1) is 8.15. The minimum Gasteiger partial charge on any atom is -0.493 e. The van der Waals surface area contributed by atoms with Crippen LogP contribution in [0.4, 0.5) is 5.69 Å². The molecule has 0 aliphatic heterocycles. The van der Waals surface area contributed by atoms with Crippen molar-refractivity contribution in [3.8, 4) is 17.6 Å². The summed E-state index contributed by atoms with van der Waals surface area (Å²) >= 11 is 0. The molecule has 1 N–H and O–H groups in total. The Labute approximate surface area is 99.3 Å². The lowest BCUT2D eigenvalue weighted by atomic mass is 10.1. The third-order valence-corrected chi connectivity index (χ3v) is 2.09. The summed E-state index contributed by atoms with van der Waals surface area (Å²) in [5.41, 5.74) is 0.646. The lowest BCUT2D eigenvalue weighted by Crippen LogP contribution is -2.09. The van der Waals surface area contributed by atoms with Crippen LogP contribution in [0, 0.1) is 11.3 Å². The highest BCUT2D eigenvalue weighted by atomic mass is 16.5. The van der Waals surface area contributed by atoms with E-state index in [4.69, 9.17) is 14.7 Å². The van der Waals surface area contributed by atoms with Crippen LogP contribution in [0.25, 0.3) is 0 Å². The number of nitrogens with one attached hydrogen (secondary N) is 1. The number of anilines is 1. The van der Waals surface area contributed by atoms with E-state index >= 15 is 0 Å². The number of ether oxygens (including phenoxy) is 2. The minimum atomic E-state index is -0.395. The van der Waals surface area contributed by atoms with Gasteiger partial charge in [-0.3, -0.25) is 4.79 Å². The van der Waals surface area contributed by atoms with Crippen molar-refractivity contribution < 1.29 is 14.3 Å². The highest BCUT2D eigenvalue weighted by Crippen LogP contribution is 2.32. The van der Waals surface area contributed by atoms with E-state index in [0.29, 0.717) is 17.2 Å². The molecule has 0 aliphatic rings. The average molecular weight is 232 g/mol. The first kappa shape index (κ1) is 12.6. The Morgan fingerprint density at radius 2 is 2.00 bits per heavy atom. The predicted octanol–water partition coefficient (Wildman–Crippen LogP) is 1.70. The molecule has 0 heterocycles. The van der Waals surface area contributed by atoms with E-state index in [1.807, 2.05) is 6.07 Å². The van der Waals surface area contributed by atoms with Crippen molar-refractivity contribution in [2.45, 2.75) is 0 Å². The zero-order valence-corrected chi connectivity index (χ0v) is 9.61. The van der Waals surface area contributed by atoms with E-state index < -0.39 is 5.91 Å². The van der Waals surface area contributed by atoms with Gasteiger partial charge in [0.2, 0.25) is 5.91 Å². The molecule has 1 amide bonds. The topological polar surface area (TPSA) is 71.3 Å². The molecule has 0 bridgehead atoms. The van der Waals surface area contributed by atoms with Crippen molar-refractivity contribution >= 4 is 11.6 Å². The molecule has 1 rings (SSSR count). The lowest BCUT2D eigenvalue weighted by molar-refractivity contribution is -0.111. The van der Waals surface area contributed by atoms with Crippen LogP contribution in [0.1, 0.15) is 5.56 Å². The summed E-state index contributed by atoms with van der Waals surface area (Å²) < 4.78 is 10.1. The van der Waals surface area contributed by atoms with Gasteiger partial charge in [-0.2, -0.15) is 5.26 Å². The van der Waals surface area contributed by atoms with Gasteiger partial charge in [0.05, 0.1) is 25.5 Å². The molecule has 0 saturated carbocycles. The number of hydrogen-bond donors (Lipinski definition) is 1. The van der Waals surface area contributed by atoms with Crippen LogP contribution in [0.3, 0.4) is 0 Å². The molecular formula is C12H12N2O3. The first-order valence-corrected chi connectivity index (χ1v) is 4.75. The number of nitriles is 1. The predicted molar refractivity (Wildman–Crippen MR) is 63.1 cm³/mol. The van der Waals surface area contributed by atoms with Gasteiger partial charge in [-0.1, -0.05) is 6.58 Å². The monoisotopic (exact) mass is 232 g/mol. The molecule has 0 aliphatic carbocycles. The molecule has 0 unspecified atom stereocenters. The van der Waals surface area contributed by atoms with Crippen LogP contribution in [0.5, 0.6) is 11.5 Å². The largest absolute Gasteiger partial charge is 0.493 e. The summed E-state index contributed by atoms with van der Waals surface area (Å²) in [4.78, 5) is 11.2. The van der Waals surface area contributed by atoms with Gasteiger partial charge in [0.25, 0.3) is 0 Å². The zero-order valence-electron chi connectivity index (χ0n) is 9.61. The number of nitrogens with zero attached hydrogens (tertiary/aromatic N) is 1. The maximum atomic E-state index is 11.2. The van der Waals surface area contributed by atoms with Crippen molar-refractivity contribution in [3.63, 3.8) is 0 Å². The number of amides is 1. The number of carbonyl (C=O) groups excluding carboxylic acids is 1. The Kier molecular flexibility index (Phi) is 4.12. The number of methoxy groups -OCH3 is 2. The standard InChI is InChI=1S/C12H12N2O3/c1-4-12(15)14-9-6-11(17-3)10(16-2)5-8(9)7-13/h4-6H,1H2,2-3H3,(H,14,15). The van der Waals surface area contributed by atoms with Crippen LogP contribution in [-0.4, -0.2) is 20.1 Å². The molecule has 0 radical (unpaired) electrons. The summed E-state index contributed by atoms with van der Waals surface area (Å²) in [6, 6.07) is 4.99. The number of benzene rings is 1. The third-order valence-electron chi connectivity index (χ3n) is 2.09. The molecule has 1 aromatic carbocycles. The first-order valence-electron chi connectivity index (χ1n) is 4.75. The molecule has 0 atom stereocenters. The van der Waals surface area contributed by atoms with Gasteiger partial charge in [-0.05, 0) is 6.08 Å². The highest BCUT2D eigenvalue weighted by Gasteiger charge is 2.11. The molecule has 0 spiro atoms. The third kappa shape index (κ3) is 2.75. The molecule has 17 heavy (non-hydrogen) atoms. The van der Waals surface area contributed by atoms with Crippen molar-refractivity contribution in [2.24, 2.45) is 0 Å². The Morgan fingerprint density at radius 3 is 2.47 bits per heavy atom. The molecule has 1 aromatic rings. The molecule has 0 aromatic heterocycles. The van der Waals surface area contributed by atoms with Gasteiger partial charge in [0.15, 0.2) is 11.5 Å². The van der Waals surface area contributed by atoms with Crippen molar-refractivity contribution in [1.82, 2.24) is 0 Å². The SMILES string of the molecule is C=CC(=O)Nc1cc(OC)c(OC)cc1C#N. The van der Waals surface area contributed by atoms with E-state index in [1.165, 1.54) is 26.4 Å². The van der Waals surface area contributed by atoms with Crippen LogP contribution in [0.2, 0.25) is 0 Å². The highest BCUT2D eigenvalue weighted by molar-refractivity contribution is 6.00. The summed E-state index contributed by atoms with van der Waals surface area (Å²) in [6.45, 7) is 3.34. The lowest BCUT2D eigenvalue weighted by Gasteiger charge is -2.11. The molecule has 0 fully saturated rings. The van der Waals surface area contributed by atoms with Gasteiger partial charge in [-0.15, -0.1) is 0 Å². The van der Waals surface area contributed by atoms with Crippen molar-refractivity contribution in [2.75, 3.05) is 19.5 Å². The van der Waals surface area contributed by atoms with Crippen molar-refractivity contribution in [3.05, 3.63) is 30.4 Å². The molecule has 88 valence electrons. The van der Waals surface area contributed by atoms with Crippen LogP contribution >= 0.6 is 0 Å². The number of rotatable bonds is 4. The fourth-order valence-electron chi connectivity index (χ4n) is 1.26. The average Bonchev–Trinajstić information content (AvgIpc) is 2.37. The van der Waals surface area contributed by atoms with Crippen LogP contribution < -0.4 is 14.8 Å². The van der Waals surface area contributed by atoms with E-state index in [-0.39, 0.29) is 5.56 Å². The van der Waals surface area contributed by atoms with Gasteiger partial charge < -0.3 is 14.8 Å². The number of hydrogen-bond acceptors (Lipinski definition) is 4. The van der Waals surface area contributed by atoms with Gasteiger partial charge >= 0.3 is 0 Å². The van der Waals surface area contributed by atoms with Crippen molar-refractivity contribution in [1.29, 1.82) is 5.26 Å². The van der Waals surface area contributed by atoms with Crippen LogP contribution in [-0.2, 0) is 4.79 Å². The molecule has 5 heteroatoms. The molecule has 5 nitrogen and oxygen atoms in total. The second kappa shape index (κ2) is 5.56. The second-order valence-electron chi connectivity index (χ2n) is 3.06.